The summed E-state index contributed by atoms with van der Waals surface area (Å²) >= 11 is 0. The molecule has 1 aromatic carbocycles. The molecule has 3 rings (SSSR count). The van der Waals surface area contributed by atoms with Gasteiger partial charge in [0.1, 0.15) is 18.9 Å². The summed E-state index contributed by atoms with van der Waals surface area (Å²) in [5, 5.41) is 11.9. The van der Waals surface area contributed by atoms with Gasteiger partial charge in [0.2, 0.25) is 0 Å². The number of aliphatic hydroxyl groups is 1. The number of hydrogen-bond donors (Lipinski definition) is 2. The normalized spacial score (nSPS) is 16.8. The lowest BCUT2D eigenvalue weighted by atomic mass is 10.1. The third-order valence-electron chi connectivity index (χ3n) is 3.49. The Kier molecular flexibility index (Phi) is 3.72. The maximum absolute atomic E-state index is 12.1. The summed E-state index contributed by atoms with van der Waals surface area (Å²) < 4.78 is 11.0. The number of nitrogens with one attached hydrogen (secondary N) is 1. The first kappa shape index (κ1) is 14.4. The first-order chi connectivity index (χ1) is 10.6. The number of imide groups is 1. The Labute approximate surface area is 127 Å². The van der Waals surface area contributed by atoms with Gasteiger partial charge in [0.25, 0.3) is 11.8 Å². The van der Waals surface area contributed by atoms with Crippen LogP contribution in [0.15, 0.2) is 23.9 Å². The van der Waals surface area contributed by atoms with Crippen molar-refractivity contribution in [3.8, 4) is 11.5 Å². The number of nitrogens with zero attached hydrogens (tertiary/aromatic N) is 1. The number of aliphatic hydroxyl groups excluding tert-OH is 1. The molecule has 2 amide bonds. The van der Waals surface area contributed by atoms with Gasteiger partial charge in [-0.15, -0.1) is 0 Å². The van der Waals surface area contributed by atoms with E-state index in [1.165, 1.54) is 6.08 Å². The van der Waals surface area contributed by atoms with E-state index in [2.05, 4.69) is 5.32 Å². The molecule has 2 heterocycles. The summed E-state index contributed by atoms with van der Waals surface area (Å²) in [6, 6.07) is 3.57. The van der Waals surface area contributed by atoms with Crippen molar-refractivity contribution < 1.29 is 24.2 Å². The standard InChI is InChI=1S/C15H16N2O5/c1-9-6-12-13(22-5-4-21-12)7-10(9)16-11-8-14(19)17(2-3-18)15(11)20/h6-8,16,18H,2-5H2,1H3. The van der Waals surface area contributed by atoms with Gasteiger partial charge in [-0.05, 0) is 18.6 Å². The lowest BCUT2D eigenvalue weighted by Crippen LogP contribution is -2.34. The Bertz CT molecular complexity index is 668. The first-order valence-electron chi connectivity index (χ1n) is 6.96. The van der Waals surface area contributed by atoms with Crippen LogP contribution in [0.4, 0.5) is 5.69 Å². The van der Waals surface area contributed by atoms with Gasteiger partial charge in [0.05, 0.1) is 13.2 Å². The molecule has 0 atom stereocenters. The second kappa shape index (κ2) is 5.69. The van der Waals surface area contributed by atoms with Crippen LogP contribution in [0.3, 0.4) is 0 Å². The SMILES string of the molecule is Cc1cc2c(cc1NC1=CC(=O)N(CCO)C1=O)OCCO2. The minimum Gasteiger partial charge on any atom is -0.486 e. The van der Waals surface area contributed by atoms with Gasteiger partial charge in [-0.1, -0.05) is 0 Å². The fourth-order valence-corrected chi connectivity index (χ4v) is 2.38. The second-order valence-corrected chi connectivity index (χ2v) is 5.01. The molecule has 0 spiro atoms. The summed E-state index contributed by atoms with van der Waals surface area (Å²) in [6.45, 7) is 2.57. The molecular weight excluding hydrogens is 288 g/mol. The molecule has 7 heteroatoms. The van der Waals surface area contributed by atoms with Crippen molar-refractivity contribution in [1.29, 1.82) is 0 Å². The number of carbonyl (C=O) groups is 2. The number of rotatable bonds is 4. The highest BCUT2D eigenvalue weighted by atomic mass is 16.6. The largest absolute Gasteiger partial charge is 0.486 e. The number of β-amino-alcohol motifs (C(OH)–C–C–N with tert-alkyl or cyclic N) is 1. The number of fused-ring (bicyclic) bond motifs is 1. The molecule has 0 unspecified atom stereocenters. The highest BCUT2D eigenvalue weighted by Gasteiger charge is 2.31. The predicted octanol–water partition coefficient (Wildman–Crippen LogP) is 0.423. The van der Waals surface area contributed by atoms with Gasteiger partial charge in [-0.3, -0.25) is 14.5 Å². The molecule has 2 aliphatic heterocycles. The zero-order valence-corrected chi connectivity index (χ0v) is 12.1. The van der Waals surface area contributed by atoms with Gasteiger partial charge in [-0.2, -0.15) is 0 Å². The number of carbonyl (C=O) groups excluding carboxylic acids is 2. The Balaban J connectivity index is 1.83. The molecule has 0 radical (unpaired) electrons. The van der Waals surface area contributed by atoms with E-state index in [0.717, 1.165) is 10.5 Å². The van der Waals surface area contributed by atoms with Crippen LogP contribution in [0.1, 0.15) is 5.56 Å². The van der Waals surface area contributed by atoms with Crippen molar-refractivity contribution in [2.75, 3.05) is 31.7 Å². The van der Waals surface area contributed by atoms with E-state index in [-0.39, 0.29) is 18.8 Å². The van der Waals surface area contributed by atoms with Crippen molar-refractivity contribution >= 4 is 17.5 Å². The first-order valence-corrected chi connectivity index (χ1v) is 6.96. The minimum atomic E-state index is -0.451. The van der Waals surface area contributed by atoms with Gasteiger partial charge < -0.3 is 19.9 Å². The maximum Gasteiger partial charge on any atom is 0.277 e. The number of ether oxygens (including phenoxy) is 2. The molecule has 22 heavy (non-hydrogen) atoms. The fourth-order valence-electron chi connectivity index (χ4n) is 2.38. The monoisotopic (exact) mass is 304 g/mol. The number of anilines is 1. The molecule has 2 aliphatic rings. The molecule has 116 valence electrons. The van der Waals surface area contributed by atoms with Crippen LogP contribution in [0.25, 0.3) is 0 Å². The summed E-state index contributed by atoms with van der Waals surface area (Å²) in [5.74, 6) is 0.382. The maximum atomic E-state index is 12.1. The van der Waals surface area contributed by atoms with Crippen molar-refractivity contribution in [2.24, 2.45) is 0 Å². The molecule has 0 saturated carbocycles. The smallest absolute Gasteiger partial charge is 0.277 e. The summed E-state index contributed by atoms with van der Waals surface area (Å²) in [7, 11) is 0. The number of amides is 2. The minimum absolute atomic E-state index is 0.0144. The summed E-state index contributed by atoms with van der Waals surface area (Å²) in [4.78, 5) is 24.8. The van der Waals surface area contributed by atoms with Crippen LogP contribution in [-0.2, 0) is 9.59 Å². The molecule has 0 fully saturated rings. The van der Waals surface area contributed by atoms with Crippen LogP contribution in [0.5, 0.6) is 11.5 Å². The molecule has 0 aliphatic carbocycles. The van der Waals surface area contributed by atoms with Crippen molar-refractivity contribution in [2.45, 2.75) is 6.92 Å². The van der Waals surface area contributed by atoms with E-state index in [9.17, 15) is 9.59 Å². The summed E-state index contributed by atoms with van der Waals surface area (Å²) in [6.07, 6.45) is 1.23. The number of aryl methyl sites for hydroxylation is 1. The van der Waals surface area contributed by atoms with E-state index in [0.29, 0.717) is 30.4 Å². The molecular formula is C15H16N2O5. The molecule has 2 N–H and O–H groups in total. The van der Waals surface area contributed by atoms with Gasteiger partial charge in [0.15, 0.2) is 11.5 Å². The van der Waals surface area contributed by atoms with Crippen LogP contribution in [0.2, 0.25) is 0 Å². The quantitative estimate of drug-likeness (QED) is 0.784. The Hall–Kier alpha value is -2.54. The van der Waals surface area contributed by atoms with Crippen LogP contribution in [0, 0.1) is 6.92 Å². The third-order valence-corrected chi connectivity index (χ3v) is 3.49. The second-order valence-electron chi connectivity index (χ2n) is 5.01. The number of hydrogen-bond acceptors (Lipinski definition) is 6. The van der Waals surface area contributed by atoms with Gasteiger partial charge in [-0.25, -0.2) is 0 Å². The van der Waals surface area contributed by atoms with E-state index >= 15 is 0 Å². The van der Waals surface area contributed by atoms with E-state index in [1.807, 2.05) is 13.0 Å². The van der Waals surface area contributed by atoms with E-state index < -0.39 is 11.8 Å². The van der Waals surface area contributed by atoms with Gasteiger partial charge in [0, 0.05) is 17.8 Å². The molecule has 1 aromatic rings. The van der Waals surface area contributed by atoms with Crippen LogP contribution in [-0.4, -0.2) is 48.2 Å². The van der Waals surface area contributed by atoms with Crippen LogP contribution >= 0.6 is 0 Å². The van der Waals surface area contributed by atoms with E-state index in [1.54, 1.807) is 6.07 Å². The van der Waals surface area contributed by atoms with Crippen LogP contribution < -0.4 is 14.8 Å². The highest BCUT2D eigenvalue weighted by molar-refractivity contribution is 6.17. The van der Waals surface area contributed by atoms with E-state index in [4.69, 9.17) is 14.6 Å². The average Bonchev–Trinajstić information content (AvgIpc) is 2.76. The average molecular weight is 304 g/mol. The lowest BCUT2D eigenvalue weighted by molar-refractivity contribution is -0.137. The number of benzene rings is 1. The molecule has 7 nitrogen and oxygen atoms in total. The zero-order valence-electron chi connectivity index (χ0n) is 12.1. The topological polar surface area (TPSA) is 88.1 Å². The predicted molar refractivity (Wildman–Crippen MR) is 77.7 cm³/mol. The fraction of sp³-hybridized carbons (Fsp3) is 0.333. The molecule has 0 bridgehead atoms. The zero-order chi connectivity index (χ0) is 15.7. The highest BCUT2D eigenvalue weighted by Crippen LogP contribution is 2.36. The van der Waals surface area contributed by atoms with Crippen molar-refractivity contribution in [3.05, 3.63) is 29.5 Å². The van der Waals surface area contributed by atoms with Gasteiger partial charge >= 0.3 is 0 Å². The summed E-state index contributed by atoms with van der Waals surface area (Å²) in [5.41, 5.74) is 1.71. The molecule has 0 aromatic heterocycles. The Morgan fingerprint density at radius 1 is 1.23 bits per heavy atom. The lowest BCUT2D eigenvalue weighted by Gasteiger charge is -2.21. The third kappa shape index (κ3) is 2.50. The Morgan fingerprint density at radius 2 is 1.91 bits per heavy atom. The van der Waals surface area contributed by atoms with Crippen molar-refractivity contribution in [3.63, 3.8) is 0 Å². The van der Waals surface area contributed by atoms with Crippen molar-refractivity contribution in [1.82, 2.24) is 4.90 Å². The molecule has 0 saturated heterocycles. The Morgan fingerprint density at radius 3 is 2.59 bits per heavy atom.